The van der Waals surface area contributed by atoms with Crippen molar-refractivity contribution < 1.29 is 14.3 Å². The van der Waals surface area contributed by atoms with Gasteiger partial charge in [-0.1, -0.05) is 60.7 Å². The molecule has 4 aromatic rings. The molecule has 0 spiro atoms. The van der Waals surface area contributed by atoms with Gasteiger partial charge in [-0.2, -0.15) is 5.10 Å². The summed E-state index contributed by atoms with van der Waals surface area (Å²) in [5.41, 5.74) is 11.6. The molecule has 7 heteroatoms. The number of hydrogen-bond acceptors (Lipinski definition) is 4. The highest BCUT2D eigenvalue weighted by Gasteiger charge is 2.08. The Morgan fingerprint density at radius 1 is 0.938 bits per heavy atom. The number of nitrogens with one attached hydrogen (secondary N) is 1. The number of aromatic nitrogens is 1. The third-order valence-electron chi connectivity index (χ3n) is 4.87. The van der Waals surface area contributed by atoms with Crippen molar-refractivity contribution in [2.24, 2.45) is 10.8 Å². The number of amides is 2. The summed E-state index contributed by atoms with van der Waals surface area (Å²) in [5.74, 6) is -0.218. The minimum absolute atomic E-state index is 0.0671. The van der Waals surface area contributed by atoms with Crippen LogP contribution < -0.4 is 15.9 Å². The van der Waals surface area contributed by atoms with E-state index in [0.29, 0.717) is 5.75 Å². The lowest BCUT2D eigenvalue weighted by atomic mass is 10.1. The molecule has 0 radical (unpaired) electrons. The molecule has 2 amide bonds. The summed E-state index contributed by atoms with van der Waals surface area (Å²) < 4.78 is 7.29. The first-order valence-corrected chi connectivity index (χ1v) is 10.1. The molecule has 0 bridgehead atoms. The molecule has 32 heavy (non-hydrogen) atoms. The summed E-state index contributed by atoms with van der Waals surface area (Å²) in [5, 5.41) is 4.92. The Morgan fingerprint density at radius 3 is 2.38 bits per heavy atom. The number of rotatable bonds is 8. The molecule has 3 N–H and O–H groups in total. The standard InChI is InChI=1S/C25H22N4O3/c26-24(30)16-29-15-20(22-8-4-5-9-23(22)29)14-27-28-25(31)17-32-21-12-10-19(11-13-21)18-6-2-1-3-7-18/h1-15H,16-17H2,(H2,26,30)(H,28,31). The minimum atomic E-state index is -0.434. The number of carbonyl (C=O) groups excluding carboxylic acids is 2. The smallest absolute Gasteiger partial charge is 0.277 e. The van der Waals surface area contributed by atoms with E-state index in [4.69, 9.17) is 10.5 Å². The van der Waals surface area contributed by atoms with Gasteiger partial charge in [-0.25, -0.2) is 5.43 Å². The van der Waals surface area contributed by atoms with Crippen LogP contribution in [0, 0.1) is 0 Å². The molecule has 160 valence electrons. The largest absolute Gasteiger partial charge is 0.484 e. The quantitative estimate of drug-likeness (QED) is 0.334. The fourth-order valence-corrected chi connectivity index (χ4v) is 3.41. The van der Waals surface area contributed by atoms with Gasteiger partial charge in [0, 0.05) is 22.7 Å². The number of para-hydroxylation sites is 1. The van der Waals surface area contributed by atoms with Gasteiger partial charge in [0.25, 0.3) is 5.91 Å². The van der Waals surface area contributed by atoms with Crippen LogP contribution in [0.2, 0.25) is 0 Å². The van der Waals surface area contributed by atoms with E-state index in [9.17, 15) is 9.59 Å². The third kappa shape index (κ3) is 5.02. The van der Waals surface area contributed by atoms with Crippen molar-refractivity contribution in [1.29, 1.82) is 0 Å². The van der Waals surface area contributed by atoms with E-state index >= 15 is 0 Å². The first-order valence-electron chi connectivity index (χ1n) is 10.1. The predicted octanol–water partition coefficient (Wildman–Crippen LogP) is 3.32. The number of benzene rings is 3. The summed E-state index contributed by atoms with van der Waals surface area (Å²) in [6.07, 6.45) is 3.31. The van der Waals surface area contributed by atoms with Crippen LogP contribution in [-0.4, -0.2) is 29.2 Å². The molecule has 1 heterocycles. The van der Waals surface area contributed by atoms with Gasteiger partial charge in [0.15, 0.2) is 6.61 Å². The maximum atomic E-state index is 12.1. The lowest BCUT2D eigenvalue weighted by Gasteiger charge is -2.06. The van der Waals surface area contributed by atoms with Crippen molar-refractivity contribution in [3.8, 4) is 16.9 Å². The molecule has 7 nitrogen and oxygen atoms in total. The molecule has 0 saturated carbocycles. The Labute approximate surface area is 185 Å². The summed E-state index contributed by atoms with van der Waals surface area (Å²) >= 11 is 0. The summed E-state index contributed by atoms with van der Waals surface area (Å²) in [6.45, 7) is -0.0942. The highest BCUT2D eigenvalue weighted by atomic mass is 16.5. The van der Waals surface area contributed by atoms with Crippen LogP contribution in [0.25, 0.3) is 22.0 Å². The Kier molecular flexibility index (Phi) is 6.27. The Balaban J connectivity index is 1.34. The SMILES string of the molecule is NC(=O)Cn1cc(C=NNC(=O)COc2ccc(-c3ccccc3)cc2)c2ccccc21. The number of hydrazone groups is 1. The molecule has 0 saturated heterocycles. The van der Waals surface area contributed by atoms with E-state index in [0.717, 1.165) is 27.6 Å². The Bertz CT molecular complexity index is 1260. The van der Waals surface area contributed by atoms with Crippen LogP contribution in [0.1, 0.15) is 5.56 Å². The average Bonchev–Trinajstić information content (AvgIpc) is 3.15. The molecule has 0 atom stereocenters. The fourth-order valence-electron chi connectivity index (χ4n) is 3.41. The van der Waals surface area contributed by atoms with Crippen molar-refractivity contribution >= 4 is 28.9 Å². The van der Waals surface area contributed by atoms with Gasteiger partial charge in [-0.15, -0.1) is 0 Å². The van der Waals surface area contributed by atoms with Gasteiger partial charge in [-0.3, -0.25) is 9.59 Å². The van der Waals surface area contributed by atoms with Gasteiger partial charge in [0.1, 0.15) is 12.3 Å². The number of nitrogens with zero attached hydrogens (tertiary/aromatic N) is 2. The molecule has 0 aliphatic heterocycles. The summed E-state index contributed by atoms with van der Waals surface area (Å²) in [4.78, 5) is 23.4. The van der Waals surface area contributed by atoms with E-state index in [-0.39, 0.29) is 19.1 Å². The highest BCUT2D eigenvalue weighted by Crippen LogP contribution is 2.22. The number of ether oxygens (including phenoxy) is 1. The average molecular weight is 426 g/mol. The van der Waals surface area contributed by atoms with Gasteiger partial charge >= 0.3 is 0 Å². The normalized spacial score (nSPS) is 11.0. The highest BCUT2D eigenvalue weighted by molar-refractivity contribution is 6.00. The number of hydrogen-bond donors (Lipinski definition) is 2. The van der Waals surface area contributed by atoms with Crippen molar-refractivity contribution in [2.45, 2.75) is 6.54 Å². The molecular weight excluding hydrogens is 404 g/mol. The second-order valence-electron chi connectivity index (χ2n) is 7.17. The number of primary amides is 1. The van der Waals surface area contributed by atoms with Crippen LogP contribution in [0.15, 0.2) is 90.2 Å². The van der Waals surface area contributed by atoms with Crippen LogP contribution in [0.4, 0.5) is 0 Å². The van der Waals surface area contributed by atoms with Crippen LogP contribution in [-0.2, 0) is 16.1 Å². The Hall–Kier alpha value is -4.39. The van der Waals surface area contributed by atoms with Crippen molar-refractivity contribution in [2.75, 3.05) is 6.61 Å². The molecular formula is C25H22N4O3. The molecule has 0 aliphatic carbocycles. The zero-order chi connectivity index (χ0) is 22.3. The van der Waals surface area contributed by atoms with Crippen LogP contribution in [0.5, 0.6) is 5.75 Å². The fraction of sp³-hybridized carbons (Fsp3) is 0.0800. The minimum Gasteiger partial charge on any atom is -0.484 e. The van der Waals surface area contributed by atoms with Crippen molar-refractivity contribution in [3.05, 3.63) is 90.6 Å². The van der Waals surface area contributed by atoms with Crippen LogP contribution in [0.3, 0.4) is 0 Å². The second kappa shape index (κ2) is 9.61. The van der Waals surface area contributed by atoms with E-state index in [2.05, 4.69) is 10.5 Å². The van der Waals surface area contributed by atoms with E-state index in [1.807, 2.05) is 78.9 Å². The van der Waals surface area contributed by atoms with Gasteiger partial charge < -0.3 is 15.0 Å². The molecule has 0 aliphatic rings. The van der Waals surface area contributed by atoms with E-state index in [1.54, 1.807) is 10.8 Å². The van der Waals surface area contributed by atoms with Crippen molar-refractivity contribution in [3.63, 3.8) is 0 Å². The molecule has 0 fully saturated rings. The van der Waals surface area contributed by atoms with E-state index in [1.165, 1.54) is 6.21 Å². The number of carbonyl (C=O) groups is 2. The zero-order valence-electron chi connectivity index (χ0n) is 17.3. The molecule has 4 rings (SSSR count). The predicted molar refractivity (Wildman–Crippen MR) is 124 cm³/mol. The first kappa shape index (κ1) is 20.9. The maximum Gasteiger partial charge on any atom is 0.277 e. The molecule has 3 aromatic carbocycles. The van der Waals surface area contributed by atoms with Crippen molar-refractivity contribution in [1.82, 2.24) is 9.99 Å². The summed E-state index contributed by atoms with van der Waals surface area (Å²) in [6, 6.07) is 25.1. The van der Waals surface area contributed by atoms with Gasteiger partial charge in [-0.05, 0) is 29.3 Å². The maximum absolute atomic E-state index is 12.1. The topological polar surface area (TPSA) is 98.7 Å². The molecule has 1 aromatic heterocycles. The number of fused-ring (bicyclic) bond motifs is 1. The lowest BCUT2D eigenvalue weighted by Crippen LogP contribution is -2.24. The second-order valence-corrected chi connectivity index (χ2v) is 7.17. The van der Waals surface area contributed by atoms with Crippen LogP contribution >= 0.6 is 0 Å². The third-order valence-corrected chi connectivity index (χ3v) is 4.87. The molecule has 0 unspecified atom stereocenters. The first-order chi connectivity index (χ1) is 15.6. The number of nitrogens with two attached hydrogens (primary N) is 1. The van der Waals surface area contributed by atoms with Gasteiger partial charge in [0.2, 0.25) is 5.91 Å². The zero-order valence-corrected chi connectivity index (χ0v) is 17.3. The monoisotopic (exact) mass is 426 g/mol. The Morgan fingerprint density at radius 2 is 1.62 bits per heavy atom. The summed E-state index contributed by atoms with van der Waals surface area (Å²) in [7, 11) is 0. The van der Waals surface area contributed by atoms with E-state index < -0.39 is 5.91 Å². The lowest BCUT2D eigenvalue weighted by molar-refractivity contribution is -0.123. The van der Waals surface area contributed by atoms with Gasteiger partial charge in [0.05, 0.1) is 6.21 Å².